The Labute approximate surface area is 117 Å². The molecular weight excluding hydrogens is 292 g/mol. The quantitative estimate of drug-likeness (QED) is 0.785. The van der Waals surface area contributed by atoms with Gasteiger partial charge in [-0.15, -0.1) is 0 Å². The SMILES string of the molecule is CC(N)Cc1cccc(Br)c1OCCCCC#N. The fourth-order valence-corrected chi connectivity index (χ4v) is 2.22. The molecule has 3 nitrogen and oxygen atoms in total. The van der Waals surface area contributed by atoms with Crippen molar-refractivity contribution >= 4 is 15.9 Å². The van der Waals surface area contributed by atoms with E-state index < -0.39 is 0 Å². The molecule has 18 heavy (non-hydrogen) atoms. The summed E-state index contributed by atoms with van der Waals surface area (Å²) in [5, 5.41) is 8.46. The van der Waals surface area contributed by atoms with Crippen molar-refractivity contribution in [3.63, 3.8) is 0 Å². The maximum Gasteiger partial charge on any atom is 0.136 e. The average molecular weight is 311 g/mol. The smallest absolute Gasteiger partial charge is 0.136 e. The maximum atomic E-state index is 8.46. The van der Waals surface area contributed by atoms with E-state index in [1.807, 2.05) is 25.1 Å². The standard InChI is InChI=1S/C14H19BrN2O/c1-11(17)10-12-6-5-7-13(15)14(12)18-9-4-2-3-8-16/h5-7,11H,2-4,9-10,17H2,1H3. The van der Waals surface area contributed by atoms with Crippen LogP contribution in [0.1, 0.15) is 31.7 Å². The largest absolute Gasteiger partial charge is 0.492 e. The van der Waals surface area contributed by atoms with Crippen LogP contribution in [-0.4, -0.2) is 12.6 Å². The topological polar surface area (TPSA) is 59.0 Å². The van der Waals surface area contributed by atoms with Crippen LogP contribution in [0.25, 0.3) is 0 Å². The lowest BCUT2D eigenvalue weighted by Gasteiger charge is -2.14. The number of halogens is 1. The lowest BCUT2D eigenvalue weighted by atomic mass is 10.1. The molecule has 0 saturated heterocycles. The van der Waals surface area contributed by atoms with Gasteiger partial charge in [-0.3, -0.25) is 0 Å². The molecule has 0 heterocycles. The first-order valence-electron chi connectivity index (χ1n) is 6.18. The zero-order valence-corrected chi connectivity index (χ0v) is 12.2. The molecule has 4 heteroatoms. The summed E-state index contributed by atoms with van der Waals surface area (Å²) in [7, 11) is 0. The monoisotopic (exact) mass is 310 g/mol. The van der Waals surface area contributed by atoms with Crippen LogP contribution < -0.4 is 10.5 Å². The molecule has 0 radical (unpaired) electrons. The fourth-order valence-electron chi connectivity index (χ4n) is 1.70. The number of para-hydroxylation sites is 1. The van der Waals surface area contributed by atoms with E-state index in [4.69, 9.17) is 15.7 Å². The van der Waals surface area contributed by atoms with Crippen LogP contribution in [-0.2, 0) is 6.42 Å². The summed E-state index contributed by atoms with van der Waals surface area (Å²) in [4.78, 5) is 0. The summed E-state index contributed by atoms with van der Waals surface area (Å²) in [6.07, 6.45) is 3.16. The van der Waals surface area contributed by atoms with Crippen molar-refractivity contribution in [2.75, 3.05) is 6.61 Å². The van der Waals surface area contributed by atoms with Gasteiger partial charge in [0.2, 0.25) is 0 Å². The first-order valence-corrected chi connectivity index (χ1v) is 6.97. The van der Waals surface area contributed by atoms with E-state index in [1.54, 1.807) is 0 Å². The number of nitrogens with two attached hydrogens (primary N) is 1. The Kier molecular flexibility index (Phi) is 6.77. The Morgan fingerprint density at radius 2 is 2.22 bits per heavy atom. The van der Waals surface area contributed by atoms with E-state index in [-0.39, 0.29) is 6.04 Å². The summed E-state index contributed by atoms with van der Waals surface area (Å²) in [6, 6.07) is 8.24. The Balaban J connectivity index is 2.59. The van der Waals surface area contributed by atoms with Gasteiger partial charge < -0.3 is 10.5 Å². The Morgan fingerprint density at radius 3 is 2.89 bits per heavy atom. The molecule has 1 atom stereocenters. The van der Waals surface area contributed by atoms with Gasteiger partial charge in [-0.25, -0.2) is 0 Å². The molecule has 0 amide bonds. The van der Waals surface area contributed by atoms with Crippen molar-refractivity contribution in [3.8, 4) is 11.8 Å². The molecule has 1 unspecified atom stereocenters. The molecule has 1 aromatic rings. The van der Waals surface area contributed by atoms with Crippen LogP contribution >= 0.6 is 15.9 Å². The van der Waals surface area contributed by atoms with Crippen molar-refractivity contribution in [2.24, 2.45) is 5.73 Å². The third-order valence-corrected chi connectivity index (χ3v) is 3.14. The highest BCUT2D eigenvalue weighted by molar-refractivity contribution is 9.10. The maximum absolute atomic E-state index is 8.46. The molecule has 0 fully saturated rings. The number of ether oxygens (including phenoxy) is 1. The number of rotatable bonds is 7. The summed E-state index contributed by atoms with van der Waals surface area (Å²) in [5.74, 6) is 0.881. The molecule has 1 rings (SSSR count). The molecule has 2 N–H and O–H groups in total. The highest BCUT2D eigenvalue weighted by Gasteiger charge is 2.09. The van der Waals surface area contributed by atoms with Gasteiger partial charge in [0.15, 0.2) is 0 Å². The molecular formula is C14H19BrN2O. The zero-order chi connectivity index (χ0) is 13.4. The highest BCUT2D eigenvalue weighted by Crippen LogP contribution is 2.30. The third kappa shape index (κ3) is 5.07. The number of hydrogen-bond donors (Lipinski definition) is 1. The van der Waals surface area contributed by atoms with Gasteiger partial charge in [0, 0.05) is 12.5 Å². The van der Waals surface area contributed by atoms with E-state index in [0.29, 0.717) is 13.0 Å². The molecule has 0 aliphatic carbocycles. The van der Waals surface area contributed by atoms with Crippen LogP contribution in [0, 0.1) is 11.3 Å². The Hall–Kier alpha value is -1.05. The van der Waals surface area contributed by atoms with Gasteiger partial charge in [0.25, 0.3) is 0 Å². The summed E-state index contributed by atoms with van der Waals surface area (Å²) in [5.41, 5.74) is 6.96. The first kappa shape index (κ1) is 15.0. The number of hydrogen-bond acceptors (Lipinski definition) is 3. The van der Waals surface area contributed by atoms with Crippen molar-refractivity contribution in [1.29, 1.82) is 5.26 Å². The summed E-state index contributed by atoms with van der Waals surface area (Å²) in [6.45, 7) is 2.62. The zero-order valence-electron chi connectivity index (χ0n) is 10.7. The lowest BCUT2D eigenvalue weighted by molar-refractivity contribution is 0.302. The van der Waals surface area contributed by atoms with E-state index in [0.717, 1.165) is 35.0 Å². The number of nitrogens with zero attached hydrogens (tertiary/aromatic N) is 1. The number of unbranched alkanes of at least 4 members (excludes halogenated alkanes) is 2. The minimum atomic E-state index is 0.111. The molecule has 0 aliphatic rings. The Morgan fingerprint density at radius 1 is 1.44 bits per heavy atom. The predicted molar refractivity (Wildman–Crippen MR) is 76.5 cm³/mol. The van der Waals surface area contributed by atoms with E-state index in [2.05, 4.69) is 22.0 Å². The fraction of sp³-hybridized carbons (Fsp3) is 0.500. The second-order valence-electron chi connectivity index (χ2n) is 4.37. The number of nitriles is 1. The molecule has 0 aromatic heterocycles. The lowest BCUT2D eigenvalue weighted by Crippen LogP contribution is -2.18. The van der Waals surface area contributed by atoms with Gasteiger partial charge in [-0.1, -0.05) is 12.1 Å². The van der Waals surface area contributed by atoms with Gasteiger partial charge in [-0.2, -0.15) is 5.26 Å². The Bertz CT molecular complexity index is 413. The van der Waals surface area contributed by atoms with Crippen molar-refractivity contribution in [3.05, 3.63) is 28.2 Å². The number of benzene rings is 1. The van der Waals surface area contributed by atoms with Crippen molar-refractivity contribution in [2.45, 2.75) is 38.6 Å². The van der Waals surface area contributed by atoms with Gasteiger partial charge in [0.1, 0.15) is 5.75 Å². The molecule has 0 bridgehead atoms. The highest BCUT2D eigenvalue weighted by atomic mass is 79.9. The normalized spacial score (nSPS) is 11.9. The van der Waals surface area contributed by atoms with Gasteiger partial charge in [0.05, 0.1) is 17.1 Å². The first-order chi connectivity index (χ1) is 8.65. The van der Waals surface area contributed by atoms with E-state index in [9.17, 15) is 0 Å². The molecule has 98 valence electrons. The summed E-state index contributed by atoms with van der Waals surface area (Å²) < 4.78 is 6.76. The van der Waals surface area contributed by atoms with Crippen LogP contribution in [0.3, 0.4) is 0 Å². The minimum absolute atomic E-state index is 0.111. The minimum Gasteiger partial charge on any atom is -0.492 e. The van der Waals surface area contributed by atoms with E-state index in [1.165, 1.54) is 0 Å². The van der Waals surface area contributed by atoms with Crippen LogP contribution in [0.5, 0.6) is 5.75 Å². The molecule has 0 aliphatic heterocycles. The van der Waals surface area contributed by atoms with Crippen LogP contribution in [0.15, 0.2) is 22.7 Å². The second kappa shape index (κ2) is 8.12. The van der Waals surface area contributed by atoms with E-state index >= 15 is 0 Å². The second-order valence-corrected chi connectivity index (χ2v) is 5.23. The molecule has 0 spiro atoms. The van der Waals surface area contributed by atoms with Crippen LogP contribution in [0.2, 0.25) is 0 Å². The predicted octanol–water partition coefficient (Wildman–Crippen LogP) is 3.41. The average Bonchev–Trinajstić information content (AvgIpc) is 2.31. The van der Waals surface area contributed by atoms with Crippen molar-refractivity contribution in [1.82, 2.24) is 0 Å². The van der Waals surface area contributed by atoms with Gasteiger partial charge >= 0.3 is 0 Å². The third-order valence-electron chi connectivity index (χ3n) is 2.52. The van der Waals surface area contributed by atoms with Gasteiger partial charge in [-0.05, 0) is 53.7 Å². The molecule has 0 saturated carbocycles. The summed E-state index contributed by atoms with van der Waals surface area (Å²) >= 11 is 3.50. The van der Waals surface area contributed by atoms with Crippen LogP contribution in [0.4, 0.5) is 0 Å². The van der Waals surface area contributed by atoms with Crippen molar-refractivity contribution < 1.29 is 4.74 Å². The molecule has 1 aromatic carbocycles.